The van der Waals surface area contributed by atoms with Crippen LogP contribution >= 0.6 is 12.2 Å². The first-order valence-corrected chi connectivity index (χ1v) is 9.61. The molecule has 9 heteroatoms. The van der Waals surface area contributed by atoms with E-state index >= 15 is 0 Å². The van der Waals surface area contributed by atoms with Gasteiger partial charge >= 0.3 is 5.97 Å². The molecule has 0 aliphatic carbocycles. The molecule has 3 aromatic rings. The van der Waals surface area contributed by atoms with Crippen LogP contribution in [0.25, 0.3) is 17.0 Å². The number of nitrogens with one attached hydrogen (secondary N) is 1. The van der Waals surface area contributed by atoms with Crippen molar-refractivity contribution in [2.75, 3.05) is 12.0 Å². The molecule has 0 spiro atoms. The molecule has 1 aliphatic heterocycles. The van der Waals surface area contributed by atoms with Gasteiger partial charge in [0.05, 0.1) is 12.8 Å². The number of halogens is 1. The van der Waals surface area contributed by atoms with Crippen LogP contribution in [0.4, 0.5) is 10.1 Å². The average molecular weight is 437 g/mol. The number of ether oxygens (including phenoxy) is 1. The number of thiocarbonyl (C=S) groups is 1. The first-order valence-electron chi connectivity index (χ1n) is 9.21. The molecule has 31 heavy (non-hydrogen) atoms. The summed E-state index contributed by atoms with van der Waals surface area (Å²) in [6.45, 7) is -0.0217. The van der Waals surface area contributed by atoms with Crippen molar-refractivity contribution in [1.29, 1.82) is 0 Å². The average Bonchev–Trinajstić information content (AvgIpc) is 3.09. The SMILES string of the molecule is COC(=O)Cn1cc(C=C2C(=O)NC(=S)N(c3ccc(F)cc3)C2=O)c2ccccc21. The Balaban J connectivity index is 1.78. The highest BCUT2D eigenvalue weighted by atomic mass is 32.1. The van der Waals surface area contributed by atoms with Crippen molar-refractivity contribution < 1.29 is 23.5 Å². The number of anilines is 1. The second-order valence-corrected chi connectivity index (χ2v) is 7.13. The van der Waals surface area contributed by atoms with Gasteiger partial charge in [-0.1, -0.05) is 18.2 Å². The second kappa shape index (κ2) is 8.11. The maximum atomic E-state index is 13.3. The van der Waals surface area contributed by atoms with Crippen LogP contribution in [-0.4, -0.2) is 34.6 Å². The van der Waals surface area contributed by atoms with E-state index in [4.69, 9.17) is 17.0 Å². The van der Waals surface area contributed by atoms with E-state index in [2.05, 4.69) is 5.32 Å². The minimum atomic E-state index is -0.641. The van der Waals surface area contributed by atoms with Crippen LogP contribution in [0.15, 0.2) is 60.3 Å². The van der Waals surface area contributed by atoms with Crippen LogP contribution in [0, 0.1) is 5.82 Å². The Kier molecular flexibility index (Phi) is 5.35. The Bertz CT molecular complexity index is 1260. The molecule has 1 saturated heterocycles. The van der Waals surface area contributed by atoms with Gasteiger partial charge in [-0.05, 0) is 48.6 Å². The van der Waals surface area contributed by atoms with Crippen molar-refractivity contribution in [3.63, 3.8) is 0 Å². The molecule has 0 bridgehead atoms. The van der Waals surface area contributed by atoms with Crippen molar-refractivity contribution in [1.82, 2.24) is 9.88 Å². The highest BCUT2D eigenvalue weighted by Crippen LogP contribution is 2.27. The molecular formula is C22H16FN3O4S. The molecular weight excluding hydrogens is 421 g/mol. The Morgan fingerprint density at radius 3 is 2.58 bits per heavy atom. The molecule has 0 saturated carbocycles. The predicted molar refractivity (Wildman–Crippen MR) is 117 cm³/mol. The topological polar surface area (TPSA) is 80.6 Å². The first kappa shape index (κ1) is 20.4. The third-order valence-electron chi connectivity index (χ3n) is 4.83. The van der Waals surface area contributed by atoms with E-state index in [9.17, 15) is 18.8 Å². The molecule has 2 aromatic carbocycles. The van der Waals surface area contributed by atoms with E-state index in [0.29, 0.717) is 11.3 Å². The highest BCUT2D eigenvalue weighted by molar-refractivity contribution is 7.80. The van der Waals surface area contributed by atoms with Gasteiger partial charge in [-0.2, -0.15) is 0 Å². The van der Waals surface area contributed by atoms with E-state index in [-0.39, 0.29) is 17.2 Å². The lowest BCUT2D eigenvalue weighted by Gasteiger charge is -2.28. The largest absolute Gasteiger partial charge is 0.468 e. The number of benzene rings is 2. The predicted octanol–water partition coefficient (Wildman–Crippen LogP) is 2.78. The minimum Gasteiger partial charge on any atom is -0.468 e. The van der Waals surface area contributed by atoms with Gasteiger partial charge in [-0.15, -0.1) is 0 Å². The number of nitrogens with zero attached hydrogens (tertiary/aromatic N) is 2. The van der Waals surface area contributed by atoms with E-state index in [1.54, 1.807) is 10.8 Å². The van der Waals surface area contributed by atoms with Crippen molar-refractivity contribution in [2.45, 2.75) is 6.54 Å². The van der Waals surface area contributed by atoms with Crippen LogP contribution < -0.4 is 10.2 Å². The van der Waals surface area contributed by atoms with E-state index in [1.165, 1.54) is 37.5 Å². The lowest BCUT2D eigenvalue weighted by Crippen LogP contribution is -2.54. The molecule has 1 aliphatic rings. The Hall–Kier alpha value is -3.85. The number of hydrogen-bond donors (Lipinski definition) is 1. The smallest absolute Gasteiger partial charge is 0.325 e. The van der Waals surface area contributed by atoms with Gasteiger partial charge in [0.1, 0.15) is 17.9 Å². The molecule has 1 fully saturated rings. The number of fused-ring (bicyclic) bond motifs is 1. The van der Waals surface area contributed by atoms with Crippen molar-refractivity contribution in [3.05, 3.63) is 71.7 Å². The summed E-state index contributed by atoms with van der Waals surface area (Å²) in [4.78, 5) is 38.6. The van der Waals surface area contributed by atoms with Crippen molar-refractivity contribution in [3.8, 4) is 0 Å². The van der Waals surface area contributed by atoms with Crippen LogP contribution in [0.3, 0.4) is 0 Å². The maximum absolute atomic E-state index is 13.3. The minimum absolute atomic E-state index is 0.0217. The number of para-hydroxylation sites is 1. The summed E-state index contributed by atoms with van der Waals surface area (Å²) in [5.74, 6) is -2.17. The standard InChI is InChI=1S/C22H16FN3O4S/c1-30-19(27)12-25-11-13(16-4-2-3-5-18(16)25)10-17-20(28)24-22(31)26(21(17)29)15-8-6-14(23)7-9-15/h2-11H,12H2,1H3,(H,24,28,31). The number of aromatic nitrogens is 1. The fourth-order valence-electron chi connectivity index (χ4n) is 3.36. The Morgan fingerprint density at radius 2 is 1.87 bits per heavy atom. The highest BCUT2D eigenvalue weighted by Gasteiger charge is 2.34. The van der Waals surface area contributed by atoms with E-state index in [0.717, 1.165) is 15.8 Å². The molecule has 1 N–H and O–H groups in total. The molecule has 2 heterocycles. The van der Waals surface area contributed by atoms with Gasteiger partial charge in [0, 0.05) is 22.7 Å². The fourth-order valence-corrected chi connectivity index (χ4v) is 3.64. The molecule has 7 nitrogen and oxygen atoms in total. The first-order chi connectivity index (χ1) is 14.9. The zero-order valence-electron chi connectivity index (χ0n) is 16.3. The molecule has 4 rings (SSSR count). The summed E-state index contributed by atoms with van der Waals surface area (Å²) in [7, 11) is 1.30. The van der Waals surface area contributed by atoms with Crippen LogP contribution in [0.2, 0.25) is 0 Å². The van der Waals surface area contributed by atoms with E-state index < -0.39 is 23.6 Å². The molecule has 0 radical (unpaired) electrons. The second-order valence-electron chi connectivity index (χ2n) is 6.74. The molecule has 0 unspecified atom stereocenters. The fraction of sp³-hybridized carbons (Fsp3) is 0.0909. The third kappa shape index (κ3) is 3.82. The Labute approximate surface area is 181 Å². The summed E-state index contributed by atoms with van der Waals surface area (Å²) in [6, 6.07) is 12.5. The summed E-state index contributed by atoms with van der Waals surface area (Å²) < 4.78 is 19.7. The monoisotopic (exact) mass is 437 g/mol. The van der Waals surface area contributed by atoms with Gasteiger partial charge < -0.3 is 9.30 Å². The molecule has 1 aromatic heterocycles. The van der Waals surface area contributed by atoms with Gasteiger partial charge in [-0.3, -0.25) is 24.6 Å². The number of rotatable bonds is 4. The van der Waals surface area contributed by atoms with Crippen LogP contribution in [0.5, 0.6) is 0 Å². The third-order valence-corrected chi connectivity index (χ3v) is 5.12. The van der Waals surface area contributed by atoms with E-state index in [1.807, 2.05) is 24.3 Å². The number of carbonyl (C=O) groups excluding carboxylic acids is 3. The van der Waals surface area contributed by atoms with Gasteiger partial charge in [-0.25, -0.2) is 4.39 Å². The maximum Gasteiger partial charge on any atom is 0.325 e. The summed E-state index contributed by atoms with van der Waals surface area (Å²) in [5, 5.41) is 3.15. The Morgan fingerprint density at radius 1 is 1.16 bits per heavy atom. The number of carbonyl (C=O) groups is 3. The number of esters is 1. The van der Waals surface area contributed by atoms with Crippen LogP contribution in [-0.2, 0) is 25.7 Å². The number of methoxy groups -OCH3 is 1. The summed E-state index contributed by atoms with van der Waals surface area (Å²) in [5.41, 5.74) is 1.51. The number of hydrogen-bond acceptors (Lipinski definition) is 5. The normalized spacial score (nSPS) is 15.5. The van der Waals surface area contributed by atoms with Crippen molar-refractivity contribution >= 4 is 57.8 Å². The van der Waals surface area contributed by atoms with Gasteiger partial charge in [0.25, 0.3) is 11.8 Å². The number of amides is 2. The summed E-state index contributed by atoms with van der Waals surface area (Å²) in [6.07, 6.45) is 3.12. The quantitative estimate of drug-likeness (QED) is 0.294. The molecule has 156 valence electrons. The summed E-state index contributed by atoms with van der Waals surface area (Å²) >= 11 is 5.15. The molecule has 0 atom stereocenters. The van der Waals surface area contributed by atoms with Crippen LogP contribution in [0.1, 0.15) is 5.56 Å². The van der Waals surface area contributed by atoms with Gasteiger partial charge in [0.15, 0.2) is 5.11 Å². The zero-order chi connectivity index (χ0) is 22.1. The lowest BCUT2D eigenvalue weighted by molar-refractivity contribution is -0.141. The zero-order valence-corrected chi connectivity index (χ0v) is 17.1. The lowest BCUT2D eigenvalue weighted by atomic mass is 10.1. The van der Waals surface area contributed by atoms with Gasteiger partial charge in [0.2, 0.25) is 0 Å². The molecule has 2 amide bonds. The van der Waals surface area contributed by atoms with Crippen molar-refractivity contribution in [2.24, 2.45) is 0 Å².